The smallest absolute Gasteiger partial charge is 0.285 e. The molecule has 10 heteroatoms. The van der Waals surface area contributed by atoms with Crippen LogP contribution in [-0.4, -0.2) is 26.1 Å². The Bertz CT molecular complexity index is 1480. The summed E-state index contributed by atoms with van der Waals surface area (Å²) in [5, 5.41) is 18.6. The summed E-state index contributed by atoms with van der Waals surface area (Å²) in [6.45, 7) is -0.371. The van der Waals surface area contributed by atoms with Gasteiger partial charge in [-0.05, 0) is 66.3 Å². The van der Waals surface area contributed by atoms with Gasteiger partial charge in [-0.1, -0.05) is 47.5 Å². The van der Waals surface area contributed by atoms with E-state index < -0.39 is 16.4 Å². The van der Waals surface area contributed by atoms with Crippen LogP contribution in [0, 0.1) is 16.0 Å². The van der Waals surface area contributed by atoms with E-state index in [-0.39, 0.29) is 24.2 Å². The molecule has 0 unspecified atom stereocenters. The van der Waals surface area contributed by atoms with E-state index in [4.69, 9.17) is 28.3 Å². The lowest BCUT2D eigenvalue weighted by atomic mass is 9.77. The number of aromatic nitrogens is 1. The number of pyridine rings is 1. The summed E-state index contributed by atoms with van der Waals surface area (Å²) >= 11 is 12.2. The molecule has 188 valence electrons. The zero-order valence-corrected chi connectivity index (χ0v) is 21.1. The first kappa shape index (κ1) is 24.9. The molecule has 0 spiro atoms. The maximum absolute atomic E-state index is 13.6. The molecule has 0 N–H and O–H groups in total. The molecule has 1 amide bonds. The quantitative estimate of drug-likeness (QED) is 0.300. The molecular formula is C27H22Cl2N4O4. The summed E-state index contributed by atoms with van der Waals surface area (Å²) in [5.74, 6) is -0.477. The summed E-state index contributed by atoms with van der Waals surface area (Å²) in [6.07, 6.45) is 5.74. The minimum absolute atomic E-state index is 0.0424. The van der Waals surface area contributed by atoms with Crippen LogP contribution < -0.4 is 5.56 Å². The maximum Gasteiger partial charge on any atom is 0.285 e. The van der Waals surface area contributed by atoms with E-state index in [1.807, 2.05) is 36.4 Å². The lowest BCUT2D eigenvalue weighted by Crippen LogP contribution is -2.35. The number of hydrogen-bond acceptors (Lipinski definition) is 5. The predicted octanol–water partition coefficient (Wildman–Crippen LogP) is 5.89. The number of nitrogens with zero attached hydrogens (tertiary/aromatic N) is 4. The molecule has 2 aromatic carbocycles. The molecule has 37 heavy (non-hydrogen) atoms. The molecule has 0 saturated heterocycles. The average Bonchev–Trinajstić information content (AvgIpc) is 3.28. The Morgan fingerprint density at radius 2 is 1.73 bits per heavy atom. The number of halogens is 2. The Morgan fingerprint density at radius 1 is 1.05 bits per heavy atom. The topological polar surface area (TPSA) is 97.8 Å². The second kappa shape index (κ2) is 10.3. The van der Waals surface area contributed by atoms with Crippen molar-refractivity contribution in [2.45, 2.75) is 31.8 Å². The van der Waals surface area contributed by atoms with Gasteiger partial charge in [-0.3, -0.25) is 24.3 Å². The molecule has 0 radical (unpaired) electrons. The van der Waals surface area contributed by atoms with Crippen LogP contribution in [0.15, 0.2) is 82.3 Å². The lowest BCUT2D eigenvalue weighted by Gasteiger charge is -2.29. The minimum Gasteiger partial charge on any atom is -0.299 e. The number of carbonyl (C=O) groups excluding carboxylic acids is 1. The van der Waals surface area contributed by atoms with E-state index in [1.54, 1.807) is 12.1 Å². The van der Waals surface area contributed by atoms with Gasteiger partial charge in [0.1, 0.15) is 6.54 Å². The summed E-state index contributed by atoms with van der Waals surface area (Å²) < 4.78 is 1.05. The van der Waals surface area contributed by atoms with Crippen LogP contribution in [0.25, 0.3) is 6.08 Å². The fourth-order valence-corrected chi connectivity index (χ4v) is 5.18. The van der Waals surface area contributed by atoms with Crippen LogP contribution in [0.2, 0.25) is 10.0 Å². The summed E-state index contributed by atoms with van der Waals surface area (Å²) in [6, 6.07) is 16.6. The summed E-state index contributed by atoms with van der Waals surface area (Å²) in [5.41, 5.74) is 2.96. The number of amides is 1. The van der Waals surface area contributed by atoms with Gasteiger partial charge in [-0.25, -0.2) is 5.01 Å². The number of fused-ring (bicyclic) bond motifs is 1. The molecule has 1 aromatic heterocycles. The highest BCUT2D eigenvalue weighted by Crippen LogP contribution is 2.44. The van der Waals surface area contributed by atoms with Gasteiger partial charge in [0.15, 0.2) is 0 Å². The van der Waals surface area contributed by atoms with Gasteiger partial charge in [0.25, 0.3) is 17.2 Å². The van der Waals surface area contributed by atoms with Crippen molar-refractivity contribution in [2.75, 3.05) is 0 Å². The predicted molar refractivity (Wildman–Crippen MR) is 143 cm³/mol. The lowest BCUT2D eigenvalue weighted by molar-refractivity contribution is -0.385. The Balaban J connectivity index is 1.53. The van der Waals surface area contributed by atoms with Crippen LogP contribution in [-0.2, 0) is 11.3 Å². The minimum atomic E-state index is -0.602. The van der Waals surface area contributed by atoms with Crippen molar-refractivity contribution in [3.05, 3.63) is 114 Å². The van der Waals surface area contributed by atoms with Crippen molar-refractivity contribution in [2.24, 2.45) is 11.0 Å². The van der Waals surface area contributed by atoms with E-state index in [0.29, 0.717) is 10.0 Å². The normalized spacial score (nSPS) is 20.0. The third-order valence-corrected chi connectivity index (χ3v) is 7.17. The van der Waals surface area contributed by atoms with Crippen molar-refractivity contribution in [1.29, 1.82) is 0 Å². The molecule has 5 rings (SSSR count). The molecular weight excluding hydrogens is 515 g/mol. The summed E-state index contributed by atoms with van der Waals surface area (Å²) in [4.78, 5) is 36.5. The highest BCUT2D eigenvalue weighted by molar-refractivity contribution is 6.30. The third-order valence-electron chi connectivity index (χ3n) is 6.66. The Morgan fingerprint density at radius 3 is 2.41 bits per heavy atom. The van der Waals surface area contributed by atoms with Crippen LogP contribution in [0.3, 0.4) is 0 Å². The number of nitro groups is 1. The molecule has 2 atom stereocenters. The molecule has 0 bridgehead atoms. The van der Waals surface area contributed by atoms with Crippen molar-refractivity contribution in [3.8, 4) is 0 Å². The monoisotopic (exact) mass is 536 g/mol. The molecule has 3 aromatic rings. The highest BCUT2D eigenvalue weighted by atomic mass is 35.5. The first-order valence-corrected chi connectivity index (χ1v) is 12.5. The van der Waals surface area contributed by atoms with Gasteiger partial charge >= 0.3 is 0 Å². The third kappa shape index (κ3) is 5.21. The second-order valence-electron chi connectivity index (χ2n) is 9.05. The van der Waals surface area contributed by atoms with Gasteiger partial charge in [-0.2, -0.15) is 5.10 Å². The van der Waals surface area contributed by atoms with Gasteiger partial charge in [0.05, 0.1) is 22.9 Å². The van der Waals surface area contributed by atoms with Gasteiger partial charge in [0.2, 0.25) is 0 Å². The average molecular weight is 537 g/mol. The SMILES string of the molecule is O=C(Cn1cc([N+](=O)[O-])ccc1=O)N1N=C2/C(=C/c3ccc(Cl)cc3)CCC[C@H]2[C@@H]1c1ccc(Cl)cc1. The van der Waals surface area contributed by atoms with Crippen molar-refractivity contribution >= 4 is 46.6 Å². The first-order valence-electron chi connectivity index (χ1n) is 11.8. The van der Waals surface area contributed by atoms with E-state index in [9.17, 15) is 19.7 Å². The number of hydrogen-bond donors (Lipinski definition) is 0. The van der Waals surface area contributed by atoms with Gasteiger partial charge < -0.3 is 0 Å². The van der Waals surface area contributed by atoms with Crippen LogP contribution in [0.1, 0.15) is 36.4 Å². The van der Waals surface area contributed by atoms with Crippen molar-refractivity contribution in [3.63, 3.8) is 0 Å². The largest absolute Gasteiger partial charge is 0.299 e. The maximum atomic E-state index is 13.6. The fourth-order valence-electron chi connectivity index (χ4n) is 4.93. The van der Waals surface area contributed by atoms with Crippen molar-refractivity contribution in [1.82, 2.24) is 9.58 Å². The number of carbonyl (C=O) groups is 1. The Hall–Kier alpha value is -3.75. The molecule has 1 aliphatic carbocycles. The van der Waals surface area contributed by atoms with E-state index in [0.717, 1.165) is 64.6 Å². The molecule has 2 aliphatic rings. The number of rotatable bonds is 5. The number of hydrazone groups is 1. The molecule has 1 aliphatic heterocycles. The first-order chi connectivity index (χ1) is 17.8. The number of benzene rings is 2. The molecule has 1 saturated carbocycles. The zero-order chi connectivity index (χ0) is 26.1. The van der Waals surface area contributed by atoms with E-state index in [1.165, 1.54) is 5.01 Å². The van der Waals surface area contributed by atoms with Crippen molar-refractivity contribution < 1.29 is 9.72 Å². The highest BCUT2D eigenvalue weighted by Gasteiger charge is 2.43. The van der Waals surface area contributed by atoms with Gasteiger partial charge in [0, 0.05) is 28.1 Å². The summed E-state index contributed by atoms with van der Waals surface area (Å²) in [7, 11) is 0. The van der Waals surface area contributed by atoms with Crippen LogP contribution in [0.4, 0.5) is 5.69 Å². The Labute approximate surface area is 222 Å². The van der Waals surface area contributed by atoms with E-state index in [2.05, 4.69) is 6.08 Å². The molecule has 2 heterocycles. The van der Waals surface area contributed by atoms with Gasteiger partial charge in [-0.15, -0.1) is 0 Å². The number of allylic oxidation sites excluding steroid dienone is 1. The fraction of sp³-hybridized carbons (Fsp3) is 0.222. The molecule has 8 nitrogen and oxygen atoms in total. The standard InChI is InChI=1S/C27H22Cl2N4O4/c28-20-8-4-17(5-9-20)14-19-2-1-3-23-26(19)30-32(27(23)18-6-10-21(29)11-7-18)25(35)16-31-15-22(33(36)37)12-13-24(31)34/h4-15,23,27H,1-3,16H2/b19-14+/t23-,27+/m1/s1. The Kier molecular flexibility index (Phi) is 6.95. The zero-order valence-electron chi connectivity index (χ0n) is 19.6. The second-order valence-corrected chi connectivity index (χ2v) is 9.92. The van der Waals surface area contributed by atoms with Crippen LogP contribution in [0.5, 0.6) is 0 Å². The molecule has 1 fully saturated rings. The van der Waals surface area contributed by atoms with Crippen LogP contribution >= 0.6 is 23.2 Å². The van der Waals surface area contributed by atoms with E-state index >= 15 is 0 Å².